The highest BCUT2D eigenvalue weighted by Gasteiger charge is 2.12. The van der Waals surface area contributed by atoms with Crippen molar-refractivity contribution < 1.29 is 4.39 Å². The van der Waals surface area contributed by atoms with Crippen LogP contribution in [0, 0.1) is 18.7 Å². The van der Waals surface area contributed by atoms with Crippen molar-refractivity contribution in [1.82, 2.24) is 5.32 Å². The quantitative estimate of drug-likeness (QED) is 0.756. The van der Waals surface area contributed by atoms with Gasteiger partial charge in [0.05, 0.1) is 0 Å². The lowest BCUT2D eigenvalue weighted by Crippen LogP contribution is -2.40. The number of hydrogen-bond donors (Lipinski definition) is 1. The van der Waals surface area contributed by atoms with Gasteiger partial charge in [-0.25, -0.2) is 4.39 Å². The van der Waals surface area contributed by atoms with E-state index in [1.807, 2.05) is 25.1 Å². The molecular weight excluding hydrogens is 177 g/mol. The van der Waals surface area contributed by atoms with Crippen LogP contribution in [0.4, 0.5) is 4.39 Å². The first-order valence-electron chi connectivity index (χ1n) is 4.91. The van der Waals surface area contributed by atoms with E-state index in [9.17, 15) is 4.39 Å². The highest BCUT2D eigenvalue weighted by atomic mass is 19.1. The summed E-state index contributed by atoms with van der Waals surface area (Å²) in [6.45, 7) is 3.93. The molecule has 1 aliphatic heterocycles. The van der Waals surface area contributed by atoms with Gasteiger partial charge < -0.3 is 5.32 Å². The van der Waals surface area contributed by atoms with Crippen molar-refractivity contribution in [3.8, 4) is 0 Å². The first kappa shape index (κ1) is 9.41. The third kappa shape index (κ3) is 2.02. The molecule has 1 nitrogen and oxygen atoms in total. The van der Waals surface area contributed by atoms with Gasteiger partial charge in [0, 0.05) is 24.6 Å². The maximum absolute atomic E-state index is 13.4. The lowest BCUT2D eigenvalue weighted by molar-refractivity contribution is 0.420. The Kier molecular flexibility index (Phi) is 2.64. The first-order chi connectivity index (χ1) is 6.75. The summed E-state index contributed by atoms with van der Waals surface area (Å²) in [6, 6.07) is 5.33. The smallest absolute Gasteiger partial charge is 0.130 e. The van der Waals surface area contributed by atoms with Gasteiger partial charge in [-0.3, -0.25) is 0 Å². The Morgan fingerprint density at radius 3 is 2.79 bits per heavy atom. The molecule has 1 aliphatic rings. The van der Waals surface area contributed by atoms with Crippen molar-refractivity contribution >= 4 is 6.08 Å². The zero-order valence-corrected chi connectivity index (χ0v) is 8.26. The Balaban J connectivity index is 2.11. The zero-order valence-electron chi connectivity index (χ0n) is 8.26. The second kappa shape index (κ2) is 3.93. The van der Waals surface area contributed by atoms with Crippen LogP contribution in [0.2, 0.25) is 0 Å². The van der Waals surface area contributed by atoms with Crippen LogP contribution in [0.5, 0.6) is 0 Å². The van der Waals surface area contributed by atoms with E-state index in [2.05, 4.69) is 11.4 Å². The van der Waals surface area contributed by atoms with Crippen LogP contribution in [0.15, 0.2) is 24.3 Å². The summed E-state index contributed by atoms with van der Waals surface area (Å²) in [5.74, 6) is 0.448. The monoisotopic (exact) mass is 191 g/mol. The molecule has 1 N–H and O–H groups in total. The van der Waals surface area contributed by atoms with Gasteiger partial charge in [0.15, 0.2) is 0 Å². The summed E-state index contributed by atoms with van der Waals surface area (Å²) in [6.07, 6.45) is 3.95. The predicted octanol–water partition coefficient (Wildman–Crippen LogP) is 2.37. The number of rotatable bonds is 2. The molecule has 1 heterocycles. The van der Waals surface area contributed by atoms with Crippen LogP contribution in [0.25, 0.3) is 6.08 Å². The SMILES string of the molecule is Cc1ccc(C=CC2CNC2)c(F)c1. The normalized spacial score (nSPS) is 17.3. The second-order valence-electron chi connectivity index (χ2n) is 3.80. The Hall–Kier alpha value is -1.15. The molecule has 1 saturated heterocycles. The molecule has 0 amide bonds. The molecule has 0 radical (unpaired) electrons. The van der Waals surface area contributed by atoms with Crippen molar-refractivity contribution in [3.63, 3.8) is 0 Å². The lowest BCUT2D eigenvalue weighted by Gasteiger charge is -2.23. The van der Waals surface area contributed by atoms with Gasteiger partial charge in [0.25, 0.3) is 0 Å². The van der Waals surface area contributed by atoms with E-state index in [-0.39, 0.29) is 5.82 Å². The maximum atomic E-state index is 13.4. The van der Waals surface area contributed by atoms with Crippen molar-refractivity contribution in [1.29, 1.82) is 0 Å². The van der Waals surface area contributed by atoms with Gasteiger partial charge in [-0.15, -0.1) is 0 Å². The summed E-state index contributed by atoms with van der Waals surface area (Å²) >= 11 is 0. The molecule has 0 bridgehead atoms. The van der Waals surface area contributed by atoms with Crippen molar-refractivity contribution in [2.24, 2.45) is 5.92 Å². The second-order valence-corrected chi connectivity index (χ2v) is 3.80. The maximum Gasteiger partial charge on any atom is 0.130 e. The van der Waals surface area contributed by atoms with Crippen molar-refractivity contribution in [2.75, 3.05) is 13.1 Å². The van der Waals surface area contributed by atoms with Crippen LogP contribution in [-0.2, 0) is 0 Å². The Bertz CT molecular complexity index is 353. The standard InChI is InChI=1S/C12H14FN/c1-9-2-4-11(12(13)6-9)5-3-10-7-14-8-10/h2-6,10,14H,7-8H2,1H3. The molecule has 2 rings (SSSR count). The molecule has 0 aromatic heterocycles. The Labute approximate surface area is 83.6 Å². The average molecular weight is 191 g/mol. The highest BCUT2D eigenvalue weighted by molar-refractivity contribution is 5.51. The van der Waals surface area contributed by atoms with E-state index in [4.69, 9.17) is 0 Å². The number of hydrogen-bond acceptors (Lipinski definition) is 1. The lowest BCUT2D eigenvalue weighted by atomic mass is 10.0. The van der Waals surface area contributed by atoms with E-state index >= 15 is 0 Å². The minimum atomic E-state index is -0.131. The van der Waals surface area contributed by atoms with E-state index in [0.29, 0.717) is 11.5 Å². The summed E-state index contributed by atoms with van der Waals surface area (Å²) in [4.78, 5) is 0. The van der Waals surface area contributed by atoms with Crippen LogP contribution in [0.3, 0.4) is 0 Å². The third-order valence-electron chi connectivity index (χ3n) is 2.52. The molecule has 0 saturated carbocycles. The minimum absolute atomic E-state index is 0.131. The summed E-state index contributed by atoms with van der Waals surface area (Å²) in [7, 11) is 0. The fourth-order valence-corrected chi connectivity index (χ4v) is 1.45. The number of nitrogens with one attached hydrogen (secondary N) is 1. The van der Waals surface area contributed by atoms with Crippen molar-refractivity contribution in [2.45, 2.75) is 6.92 Å². The van der Waals surface area contributed by atoms with Crippen LogP contribution < -0.4 is 5.32 Å². The molecule has 1 aromatic carbocycles. The molecule has 14 heavy (non-hydrogen) atoms. The molecular formula is C12H14FN. The highest BCUT2D eigenvalue weighted by Crippen LogP contribution is 2.14. The Morgan fingerprint density at radius 1 is 1.43 bits per heavy atom. The van der Waals surface area contributed by atoms with E-state index in [1.54, 1.807) is 6.07 Å². The minimum Gasteiger partial charge on any atom is -0.315 e. The summed E-state index contributed by atoms with van der Waals surface area (Å²) in [5.41, 5.74) is 1.65. The topological polar surface area (TPSA) is 12.0 Å². The fourth-order valence-electron chi connectivity index (χ4n) is 1.45. The predicted molar refractivity (Wildman–Crippen MR) is 56.5 cm³/mol. The van der Waals surface area contributed by atoms with Gasteiger partial charge in [-0.05, 0) is 18.6 Å². The molecule has 0 spiro atoms. The summed E-state index contributed by atoms with van der Waals surface area (Å²) in [5, 5.41) is 3.18. The van der Waals surface area contributed by atoms with Gasteiger partial charge >= 0.3 is 0 Å². The van der Waals surface area contributed by atoms with Gasteiger partial charge in [-0.1, -0.05) is 24.3 Å². The molecule has 1 fully saturated rings. The Morgan fingerprint density at radius 2 is 2.21 bits per heavy atom. The molecule has 0 atom stereocenters. The van der Waals surface area contributed by atoms with Gasteiger partial charge in [0.2, 0.25) is 0 Å². The van der Waals surface area contributed by atoms with Crippen LogP contribution in [-0.4, -0.2) is 13.1 Å². The fraction of sp³-hybridized carbons (Fsp3) is 0.333. The van der Waals surface area contributed by atoms with E-state index < -0.39 is 0 Å². The van der Waals surface area contributed by atoms with E-state index in [0.717, 1.165) is 18.7 Å². The largest absolute Gasteiger partial charge is 0.315 e. The van der Waals surface area contributed by atoms with Crippen molar-refractivity contribution in [3.05, 3.63) is 41.2 Å². The van der Waals surface area contributed by atoms with Gasteiger partial charge in [-0.2, -0.15) is 0 Å². The molecule has 0 aliphatic carbocycles. The molecule has 0 unspecified atom stereocenters. The number of halogens is 1. The van der Waals surface area contributed by atoms with E-state index in [1.165, 1.54) is 0 Å². The number of aryl methyl sites for hydroxylation is 1. The summed E-state index contributed by atoms with van der Waals surface area (Å²) < 4.78 is 13.4. The van der Waals surface area contributed by atoms with Crippen LogP contribution in [0.1, 0.15) is 11.1 Å². The molecule has 2 heteroatoms. The zero-order chi connectivity index (χ0) is 9.97. The third-order valence-corrected chi connectivity index (χ3v) is 2.52. The first-order valence-corrected chi connectivity index (χ1v) is 4.91. The average Bonchev–Trinajstić information content (AvgIpc) is 2.05. The molecule has 1 aromatic rings. The van der Waals surface area contributed by atoms with Gasteiger partial charge in [0.1, 0.15) is 5.82 Å². The van der Waals surface area contributed by atoms with Crippen LogP contribution >= 0.6 is 0 Å². The number of benzene rings is 1. The molecule has 74 valence electrons.